The molecule has 0 unspecified atom stereocenters. The molecular formula is C14H19N3O. The topological polar surface area (TPSA) is 68.9 Å². The predicted molar refractivity (Wildman–Crippen MR) is 70.1 cm³/mol. The minimum atomic E-state index is -0.118. The van der Waals surface area contributed by atoms with Gasteiger partial charge >= 0.3 is 0 Å². The number of aromatic nitrogens is 1. The summed E-state index contributed by atoms with van der Waals surface area (Å²) < 4.78 is 0. The van der Waals surface area contributed by atoms with Gasteiger partial charge < -0.3 is 10.4 Å². The van der Waals surface area contributed by atoms with Gasteiger partial charge in [0.1, 0.15) is 11.9 Å². The Labute approximate surface area is 108 Å². The molecule has 0 atom stereocenters. The van der Waals surface area contributed by atoms with E-state index in [0.29, 0.717) is 17.3 Å². The van der Waals surface area contributed by atoms with E-state index in [4.69, 9.17) is 5.26 Å². The lowest BCUT2D eigenvalue weighted by Gasteiger charge is -2.25. The first-order chi connectivity index (χ1) is 8.69. The summed E-state index contributed by atoms with van der Waals surface area (Å²) in [5.74, 6) is 1.26. The Hall–Kier alpha value is -1.60. The highest BCUT2D eigenvalue weighted by Crippen LogP contribution is 2.24. The quantitative estimate of drug-likeness (QED) is 0.856. The van der Waals surface area contributed by atoms with Crippen LogP contribution in [0.25, 0.3) is 0 Å². The third-order valence-corrected chi connectivity index (χ3v) is 3.53. The van der Waals surface area contributed by atoms with Crippen molar-refractivity contribution >= 4 is 5.82 Å². The second kappa shape index (κ2) is 5.83. The minimum absolute atomic E-state index is 0.118. The van der Waals surface area contributed by atoms with E-state index in [1.165, 1.54) is 0 Å². The van der Waals surface area contributed by atoms with Crippen molar-refractivity contribution in [1.82, 2.24) is 4.98 Å². The van der Waals surface area contributed by atoms with Crippen molar-refractivity contribution in [1.29, 1.82) is 5.26 Å². The van der Waals surface area contributed by atoms with Crippen molar-refractivity contribution in [2.75, 3.05) is 11.9 Å². The van der Waals surface area contributed by atoms with Crippen molar-refractivity contribution in [3.8, 4) is 6.07 Å². The lowest BCUT2D eigenvalue weighted by Crippen LogP contribution is -2.24. The molecule has 0 radical (unpaired) electrons. The molecule has 0 spiro atoms. The maximum atomic E-state index is 9.45. The second-order valence-electron chi connectivity index (χ2n) is 5.02. The molecule has 4 nitrogen and oxygen atoms in total. The van der Waals surface area contributed by atoms with Crippen molar-refractivity contribution in [3.05, 3.63) is 23.4 Å². The zero-order chi connectivity index (χ0) is 13.0. The van der Waals surface area contributed by atoms with Gasteiger partial charge in [-0.15, -0.1) is 0 Å². The average Bonchev–Trinajstić information content (AvgIpc) is 2.38. The van der Waals surface area contributed by atoms with Crippen LogP contribution in [0.1, 0.15) is 36.9 Å². The van der Waals surface area contributed by atoms with Crippen LogP contribution in [0.2, 0.25) is 0 Å². The predicted octanol–water partition coefficient (Wildman–Crippen LogP) is 2.22. The molecule has 0 bridgehead atoms. The third-order valence-electron chi connectivity index (χ3n) is 3.53. The normalized spacial score (nSPS) is 23.4. The second-order valence-corrected chi connectivity index (χ2v) is 5.02. The number of anilines is 1. The molecule has 96 valence electrons. The van der Waals surface area contributed by atoms with Crippen LogP contribution in [0, 0.1) is 24.2 Å². The Morgan fingerprint density at radius 3 is 2.78 bits per heavy atom. The van der Waals surface area contributed by atoms with Crippen LogP contribution >= 0.6 is 0 Å². The number of nitrogens with zero attached hydrogens (tertiary/aromatic N) is 2. The van der Waals surface area contributed by atoms with Gasteiger partial charge in [-0.3, -0.25) is 0 Å². The number of aryl methyl sites for hydroxylation is 1. The molecule has 1 fully saturated rings. The summed E-state index contributed by atoms with van der Waals surface area (Å²) in [4.78, 5) is 4.36. The fraction of sp³-hybridized carbons (Fsp3) is 0.571. The molecule has 0 saturated heterocycles. The van der Waals surface area contributed by atoms with Crippen LogP contribution in [0.3, 0.4) is 0 Å². The SMILES string of the molecule is Cc1ccc(C#N)c(NCC2CCC(O)CC2)n1. The number of rotatable bonds is 3. The van der Waals surface area contributed by atoms with Gasteiger partial charge in [0.2, 0.25) is 0 Å². The first-order valence-electron chi connectivity index (χ1n) is 6.48. The number of aliphatic hydroxyl groups excluding tert-OH is 1. The van der Waals surface area contributed by atoms with E-state index in [1.54, 1.807) is 6.07 Å². The largest absolute Gasteiger partial charge is 0.393 e. The first-order valence-corrected chi connectivity index (χ1v) is 6.48. The summed E-state index contributed by atoms with van der Waals surface area (Å²) in [7, 11) is 0. The fourth-order valence-corrected chi connectivity index (χ4v) is 2.37. The number of nitrogens with one attached hydrogen (secondary N) is 1. The molecule has 0 amide bonds. The molecule has 1 heterocycles. The van der Waals surface area contributed by atoms with E-state index in [0.717, 1.165) is 37.9 Å². The number of aliphatic hydroxyl groups is 1. The lowest BCUT2D eigenvalue weighted by atomic mass is 9.87. The van der Waals surface area contributed by atoms with E-state index in [1.807, 2.05) is 13.0 Å². The molecule has 4 heteroatoms. The van der Waals surface area contributed by atoms with Gasteiger partial charge in [-0.2, -0.15) is 5.26 Å². The molecule has 2 rings (SSSR count). The van der Waals surface area contributed by atoms with E-state index < -0.39 is 0 Å². The van der Waals surface area contributed by atoms with Crippen molar-refractivity contribution < 1.29 is 5.11 Å². The van der Waals surface area contributed by atoms with Crippen LogP contribution < -0.4 is 5.32 Å². The van der Waals surface area contributed by atoms with Gasteiger partial charge in [-0.1, -0.05) is 0 Å². The highest BCUT2D eigenvalue weighted by atomic mass is 16.3. The van der Waals surface area contributed by atoms with Crippen LogP contribution in [-0.2, 0) is 0 Å². The van der Waals surface area contributed by atoms with Gasteiger partial charge in [0.05, 0.1) is 11.7 Å². The number of hydrogen-bond donors (Lipinski definition) is 2. The highest BCUT2D eigenvalue weighted by molar-refractivity contribution is 5.52. The summed E-state index contributed by atoms with van der Waals surface area (Å²) in [5.41, 5.74) is 1.51. The van der Waals surface area contributed by atoms with Crippen LogP contribution in [0.5, 0.6) is 0 Å². The van der Waals surface area contributed by atoms with E-state index in [-0.39, 0.29) is 6.10 Å². The van der Waals surface area contributed by atoms with Gasteiger partial charge in [-0.25, -0.2) is 4.98 Å². The van der Waals surface area contributed by atoms with Gasteiger partial charge in [0, 0.05) is 12.2 Å². The Bertz CT molecular complexity index is 445. The molecule has 0 aromatic carbocycles. The summed E-state index contributed by atoms with van der Waals surface area (Å²) in [6, 6.07) is 5.80. The molecule has 1 aromatic rings. The van der Waals surface area contributed by atoms with Crippen LogP contribution in [0.15, 0.2) is 12.1 Å². The lowest BCUT2D eigenvalue weighted by molar-refractivity contribution is 0.111. The van der Waals surface area contributed by atoms with E-state index in [9.17, 15) is 5.11 Å². The van der Waals surface area contributed by atoms with Gasteiger partial charge in [-0.05, 0) is 50.7 Å². The maximum Gasteiger partial charge on any atom is 0.144 e. The number of nitriles is 1. The molecule has 18 heavy (non-hydrogen) atoms. The Morgan fingerprint density at radius 1 is 1.39 bits per heavy atom. The third kappa shape index (κ3) is 3.21. The summed E-state index contributed by atoms with van der Waals surface area (Å²) in [5, 5.41) is 21.7. The Morgan fingerprint density at radius 2 is 2.11 bits per heavy atom. The highest BCUT2D eigenvalue weighted by Gasteiger charge is 2.19. The fourth-order valence-electron chi connectivity index (χ4n) is 2.37. The minimum Gasteiger partial charge on any atom is -0.393 e. The van der Waals surface area contributed by atoms with E-state index in [2.05, 4.69) is 16.4 Å². The molecule has 1 aliphatic rings. The Kier molecular flexibility index (Phi) is 4.16. The van der Waals surface area contributed by atoms with Crippen LogP contribution in [0.4, 0.5) is 5.82 Å². The van der Waals surface area contributed by atoms with Crippen molar-refractivity contribution in [2.45, 2.75) is 38.7 Å². The van der Waals surface area contributed by atoms with E-state index >= 15 is 0 Å². The average molecular weight is 245 g/mol. The summed E-state index contributed by atoms with van der Waals surface area (Å²) >= 11 is 0. The van der Waals surface area contributed by atoms with Gasteiger partial charge in [0.15, 0.2) is 0 Å². The standard InChI is InChI=1S/C14H19N3O/c1-10-2-5-12(8-15)14(17-10)16-9-11-3-6-13(18)7-4-11/h2,5,11,13,18H,3-4,6-7,9H2,1H3,(H,16,17). The molecular weight excluding hydrogens is 226 g/mol. The first kappa shape index (κ1) is 12.8. The molecule has 1 aliphatic carbocycles. The monoisotopic (exact) mass is 245 g/mol. The summed E-state index contributed by atoms with van der Waals surface area (Å²) in [6.45, 7) is 2.75. The zero-order valence-corrected chi connectivity index (χ0v) is 10.7. The molecule has 0 aliphatic heterocycles. The smallest absolute Gasteiger partial charge is 0.144 e. The van der Waals surface area contributed by atoms with Crippen molar-refractivity contribution in [2.24, 2.45) is 5.92 Å². The number of hydrogen-bond acceptors (Lipinski definition) is 4. The molecule has 1 aromatic heterocycles. The maximum absolute atomic E-state index is 9.45. The van der Waals surface area contributed by atoms with Crippen molar-refractivity contribution in [3.63, 3.8) is 0 Å². The molecule has 1 saturated carbocycles. The zero-order valence-electron chi connectivity index (χ0n) is 10.7. The van der Waals surface area contributed by atoms with Crippen LogP contribution in [-0.4, -0.2) is 22.7 Å². The van der Waals surface area contributed by atoms with Gasteiger partial charge in [0.25, 0.3) is 0 Å². The summed E-state index contributed by atoms with van der Waals surface area (Å²) in [6.07, 6.45) is 3.74. The Balaban J connectivity index is 1.94. The molecule has 2 N–H and O–H groups in total. The number of pyridine rings is 1.